The van der Waals surface area contributed by atoms with Crippen molar-refractivity contribution in [2.45, 2.75) is 6.92 Å². The summed E-state index contributed by atoms with van der Waals surface area (Å²) >= 11 is 0. The van der Waals surface area contributed by atoms with E-state index in [-0.39, 0.29) is 0 Å². The maximum atomic E-state index is 12.7. The third-order valence-electron chi connectivity index (χ3n) is 5.21. The number of amides is 1. The number of methoxy groups -OCH3 is 2. The highest BCUT2D eigenvalue weighted by Crippen LogP contribution is 2.27. The molecule has 0 unspecified atom stereocenters. The summed E-state index contributed by atoms with van der Waals surface area (Å²) in [4.78, 5) is 24.4. The first kappa shape index (κ1) is 21.8. The SMILES string of the molecule is COC(=O)c1ccc(-c2ccc(/C=N\NC(=O)c3cc4ccccc4cc3OC)o2)c(C)c1. The summed E-state index contributed by atoms with van der Waals surface area (Å²) in [6, 6.07) is 20.1. The van der Waals surface area contributed by atoms with E-state index in [1.165, 1.54) is 20.4 Å². The molecule has 1 aromatic heterocycles. The minimum absolute atomic E-state index is 0.384. The molecule has 7 nitrogen and oxygen atoms in total. The van der Waals surface area contributed by atoms with Crippen LogP contribution in [0.1, 0.15) is 32.0 Å². The number of hydrogen-bond acceptors (Lipinski definition) is 6. The van der Waals surface area contributed by atoms with Gasteiger partial charge in [-0.2, -0.15) is 5.10 Å². The van der Waals surface area contributed by atoms with Crippen LogP contribution in [-0.2, 0) is 4.74 Å². The zero-order valence-electron chi connectivity index (χ0n) is 18.4. The number of fused-ring (bicyclic) bond motifs is 1. The molecule has 166 valence electrons. The first-order valence-electron chi connectivity index (χ1n) is 10.2. The molecule has 0 saturated heterocycles. The summed E-state index contributed by atoms with van der Waals surface area (Å²) in [5.41, 5.74) is 5.08. The molecule has 1 heterocycles. The van der Waals surface area contributed by atoms with E-state index in [9.17, 15) is 9.59 Å². The Bertz CT molecular complexity index is 1370. The lowest BCUT2D eigenvalue weighted by molar-refractivity contribution is 0.0600. The minimum atomic E-state index is -0.394. The van der Waals surface area contributed by atoms with Crippen molar-refractivity contribution in [3.63, 3.8) is 0 Å². The number of rotatable bonds is 6. The Morgan fingerprint density at radius 3 is 2.42 bits per heavy atom. The Morgan fingerprint density at radius 1 is 0.970 bits per heavy atom. The lowest BCUT2D eigenvalue weighted by atomic mass is 10.0. The highest BCUT2D eigenvalue weighted by Gasteiger charge is 2.14. The highest BCUT2D eigenvalue weighted by molar-refractivity contribution is 6.02. The van der Waals surface area contributed by atoms with Crippen molar-refractivity contribution in [2.75, 3.05) is 14.2 Å². The Kier molecular flexibility index (Phi) is 6.22. The molecule has 0 spiro atoms. The summed E-state index contributed by atoms with van der Waals surface area (Å²) < 4.78 is 15.9. The van der Waals surface area contributed by atoms with Gasteiger partial charge in [0.1, 0.15) is 17.3 Å². The van der Waals surface area contributed by atoms with Crippen LogP contribution in [0, 0.1) is 6.92 Å². The Labute approximate surface area is 190 Å². The van der Waals surface area contributed by atoms with Gasteiger partial charge in [0.05, 0.1) is 31.6 Å². The average molecular weight is 442 g/mol. The van der Waals surface area contributed by atoms with E-state index in [1.807, 2.05) is 37.3 Å². The van der Waals surface area contributed by atoms with E-state index in [0.29, 0.717) is 28.4 Å². The van der Waals surface area contributed by atoms with Gasteiger partial charge < -0.3 is 13.9 Å². The van der Waals surface area contributed by atoms with Crippen LogP contribution in [0.25, 0.3) is 22.1 Å². The number of carbonyl (C=O) groups excluding carboxylic acids is 2. The molecule has 1 amide bonds. The van der Waals surface area contributed by atoms with Crippen molar-refractivity contribution in [2.24, 2.45) is 5.10 Å². The Morgan fingerprint density at radius 2 is 1.73 bits per heavy atom. The van der Waals surface area contributed by atoms with Gasteiger partial charge >= 0.3 is 5.97 Å². The van der Waals surface area contributed by atoms with Gasteiger partial charge in [-0.1, -0.05) is 30.3 Å². The quantitative estimate of drug-likeness (QED) is 0.259. The lowest BCUT2D eigenvalue weighted by Crippen LogP contribution is -2.18. The molecule has 3 aromatic carbocycles. The molecular weight excluding hydrogens is 420 g/mol. The van der Waals surface area contributed by atoms with Crippen molar-refractivity contribution in [1.29, 1.82) is 0 Å². The molecule has 0 atom stereocenters. The number of benzene rings is 3. The second-order valence-corrected chi connectivity index (χ2v) is 7.32. The van der Waals surface area contributed by atoms with Gasteiger partial charge in [-0.05, 0) is 59.7 Å². The first-order valence-corrected chi connectivity index (χ1v) is 10.2. The van der Waals surface area contributed by atoms with E-state index < -0.39 is 11.9 Å². The van der Waals surface area contributed by atoms with Crippen LogP contribution in [0.4, 0.5) is 0 Å². The van der Waals surface area contributed by atoms with Crippen LogP contribution < -0.4 is 10.2 Å². The standard InChI is InChI=1S/C26H22N2O5/c1-16-12-19(26(30)32-3)8-10-21(16)23-11-9-20(33-23)15-27-28-25(29)22-13-17-6-4-5-7-18(17)14-24(22)31-2/h4-15H,1-3H3,(H,28,29)/b27-15-. The monoisotopic (exact) mass is 442 g/mol. The summed E-state index contributed by atoms with van der Waals surface area (Å²) in [5.74, 6) is 0.762. The second kappa shape index (κ2) is 9.40. The number of nitrogens with one attached hydrogen (secondary N) is 1. The van der Waals surface area contributed by atoms with Crippen molar-refractivity contribution >= 4 is 28.9 Å². The number of nitrogens with zero attached hydrogens (tertiary/aromatic N) is 1. The predicted molar refractivity (Wildman–Crippen MR) is 126 cm³/mol. The third kappa shape index (κ3) is 4.62. The molecule has 0 saturated carbocycles. The van der Waals surface area contributed by atoms with Crippen LogP contribution in [0.3, 0.4) is 0 Å². The summed E-state index contributed by atoms with van der Waals surface area (Å²) in [6.07, 6.45) is 1.42. The van der Waals surface area contributed by atoms with Gasteiger partial charge in [-0.15, -0.1) is 0 Å². The van der Waals surface area contributed by atoms with Gasteiger partial charge in [0.2, 0.25) is 0 Å². The smallest absolute Gasteiger partial charge is 0.337 e. The number of carbonyl (C=O) groups is 2. The van der Waals surface area contributed by atoms with Gasteiger partial charge in [0.15, 0.2) is 0 Å². The fourth-order valence-corrected chi connectivity index (χ4v) is 3.53. The lowest BCUT2D eigenvalue weighted by Gasteiger charge is -2.09. The van der Waals surface area contributed by atoms with Gasteiger partial charge in [0, 0.05) is 5.56 Å². The number of ether oxygens (including phenoxy) is 2. The van der Waals surface area contributed by atoms with E-state index in [4.69, 9.17) is 13.9 Å². The van der Waals surface area contributed by atoms with Gasteiger partial charge in [-0.3, -0.25) is 4.79 Å². The van der Waals surface area contributed by atoms with Crippen LogP contribution in [0.15, 0.2) is 76.2 Å². The van der Waals surface area contributed by atoms with E-state index in [0.717, 1.165) is 21.9 Å². The van der Waals surface area contributed by atoms with Crippen LogP contribution in [-0.4, -0.2) is 32.3 Å². The van der Waals surface area contributed by atoms with E-state index >= 15 is 0 Å². The molecule has 33 heavy (non-hydrogen) atoms. The summed E-state index contributed by atoms with van der Waals surface area (Å²) in [6.45, 7) is 1.88. The molecular formula is C26H22N2O5. The fourth-order valence-electron chi connectivity index (χ4n) is 3.53. The molecule has 4 aromatic rings. The number of aryl methyl sites for hydroxylation is 1. The highest BCUT2D eigenvalue weighted by atomic mass is 16.5. The molecule has 1 N–H and O–H groups in total. The molecule has 4 rings (SSSR count). The number of hydrogen-bond donors (Lipinski definition) is 1. The molecule has 0 aliphatic heterocycles. The van der Waals surface area contributed by atoms with Crippen LogP contribution >= 0.6 is 0 Å². The minimum Gasteiger partial charge on any atom is -0.496 e. The second-order valence-electron chi connectivity index (χ2n) is 7.32. The first-order chi connectivity index (χ1) is 16.0. The molecule has 0 aliphatic carbocycles. The fraction of sp³-hybridized carbons (Fsp3) is 0.115. The Balaban J connectivity index is 1.49. The van der Waals surface area contributed by atoms with Crippen LogP contribution in [0.2, 0.25) is 0 Å². The largest absolute Gasteiger partial charge is 0.496 e. The predicted octanol–water partition coefficient (Wildman–Crippen LogP) is 4.97. The van der Waals surface area contributed by atoms with E-state index in [1.54, 1.807) is 36.4 Å². The summed E-state index contributed by atoms with van der Waals surface area (Å²) in [5, 5.41) is 5.92. The van der Waals surface area contributed by atoms with Gasteiger partial charge in [0.25, 0.3) is 5.91 Å². The maximum Gasteiger partial charge on any atom is 0.337 e. The van der Waals surface area contributed by atoms with Crippen molar-refractivity contribution in [3.05, 3.63) is 89.2 Å². The molecule has 0 aliphatic rings. The zero-order valence-corrected chi connectivity index (χ0v) is 18.4. The Hall–Kier alpha value is -4.39. The molecule has 0 bridgehead atoms. The van der Waals surface area contributed by atoms with E-state index in [2.05, 4.69) is 10.5 Å². The number of hydrazone groups is 1. The summed E-state index contributed by atoms with van der Waals surface area (Å²) in [7, 11) is 2.87. The maximum absolute atomic E-state index is 12.7. The normalized spacial score (nSPS) is 11.0. The zero-order chi connectivity index (χ0) is 23.4. The third-order valence-corrected chi connectivity index (χ3v) is 5.21. The topological polar surface area (TPSA) is 90.1 Å². The number of furan rings is 1. The van der Waals surface area contributed by atoms with Crippen molar-refractivity contribution in [1.82, 2.24) is 5.43 Å². The number of esters is 1. The molecule has 0 radical (unpaired) electrons. The van der Waals surface area contributed by atoms with Crippen molar-refractivity contribution in [3.8, 4) is 17.1 Å². The van der Waals surface area contributed by atoms with Gasteiger partial charge in [-0.25, -0.2) is 10.2 Å². The molecule has 7 heteroatoms. The van der Waals surface area contributed by atoms with Crippen LogP contribution in [0.5, 0.6) is 5.75 Å². The van der Waals surface area contributed by atoms with Crippen molar-refractivity contribution < 1.29 is 23.5 Å². The average Bonchev–Trinajstić information content (AvgIpc) is 3.30. The molecule has 0 fully saturated rings.